The number of nitrogens with zero attached hydrogens (tertiary/aromatic N) is 6. The van der Waals surface area contributed by atoms with Crippen molar-refractivity contribution in [2.75, 3.05) is 43.5 Å². The molecule has 3 aromatic heterocycles. The van der Waals surface area contributed by atoms with E-state index < -0.39 is 42.4 Å². The lowest BCUT2D eigenvalue weighted by atomic mass is 9.95. The molecule has 0 radical (unpaired) electrons. The number of nitriles is 1. The lowest BCUT2D eigenvalue weighted by Crippen LogP contribution is -2.43. The number of hydrogen-bond donors (Lipinski definition) is 1. The number of nitrogens with two attached hydrogens (primary N) is 1. The Morgan fingerprint density at radius 1 is 1.24 bits per heavy atom. The van der Waals surface area contributed by atoms with Gasteiger partial charge in [0.15, 0.2) is 18.0 Å². The number of nitrogen functional groups attached to an aromatic ring is 1. The third-order valence-corrected chi connectivity index (χ3v) is 10.9. The van der Waals surface area contributed by atoms with E-state index in [9.17, 15) is 22.8 Å². The predicted octanol–water partition coefficient (Wildman–Crippen LogP) is 7.05. The monoisotopic (exact) mass is 717 g/mol. The van der Waals surface area contributed by atoms with Gasteiger partial charge in [0, 0.05) is 23.9 Å². The van der Waals surface area contributed by atoms with Crippen LogP contribution in [-0.2, 0) is 0 Å². The van der Waals surface area contributed by atoms with Gasteiger partial charge in [0.2, 0.25) is 0 Å². The number of benzene rings is 2. The molecule has 5 aromatic rings. The van der Waals surface area contributed by atoms with E-state index in [1.165, 1.54) is 17.2 Å². The lowest BCUT2D eigenvalue weighted by Gasteiger charge is -2.31. The van der Waals surface area contributed by atoms with Crippen LogP contribution < -0.4 is 20.1 Å². The zero-order valence-electron chi connectivity index (χ0n) is 25.4. The van der Waals surface area contributed by atoms with Crippen molar-refractivity contribution < 1.29 is 35.8 Å². The highest BCUT2D eigenvalue weighted by Crippen LogP contribution is 2.52. The number of alkyl halides is 3. The van der Waals surface area contributed by atoms with Crippen LogP contribution in [0, 0.1) is 23.0 Å². The van der Waals surface area contributed by atoms with Crippen LogP contribution in [0.25, 0.3) is 32.1 Å². The van der Waals surface area contributed by atoms with E-state index in [2.05, 4.69) is 15.0 Å². The number of oxazole rings is 1. The number of thiophene rings is 1. The average molecular weight is 718 g/mol. The molecular formula is C32H25ClF5N7O3S. The molecule has 3 aliphatic heterocycles. The molecule has 0 aliphatic carbocycles. The Labute approximate surface area is 283 Å². The van der Waals surface area contributed by atoms with Crippen molar-refractivity contribution in [3.8, 4) is 29.0 Å². The topological polar surface area (TPSA) is 127 Å². The number of anilines is 2. The first-order valence-electron chi connectivity index (χ1n) is 15.3. The summed E-state index contributed by atoms with van der Waals surface area (Å²) in [5, 5.41) is 9.56. The van der Waals surface area contributed by atoms with Gasteiger partial charge in [-0.1, -0.05) is 17.7 Å². The van der Waals surface area contributed by atoms with E-state index in [4.69, 9.17) is 31.2 Å². The molecule has 2 fully saturated rings. The fourth-order valence-electron chi connectivity index (χ4n) is 7.42. The summed E-state index contributed by atoms with van der Waals surface area (Å²) in [4.78, 5) is 16.1. The fraction of sp³-hybridized carbons (Fsp3) is 0.375. The van der Waals surface area contributed by atoms with Crippen LogP contribution in [0.2, 0.25) is 5.02 Å². The minimum atomic E-state index is -2.88. The zero-order chi connectivity index (χ0) is 34.2. The molecular weight excluding hydrogens is 693 g/mol. The van der Waals surface area contributed by atoms with E-state index in [0.717, 1.165) is 30.2 Å². The smallest absolute Gasteiger partial charge is 0.319 e. The van der Waals surface area contributed by atoms with E-state index in [0.29, 0.717) is 13.0 Å². The number of halogens is 6. The van der Waals surface area contributed by atoms with E-state index in [1.54, 1.807) is 0 Å². The van der Waals surface area contributed by atoms with Gasteiger partial charge in [0.05, 0.1) is 39.0 Å². The van der Waals surface area contributed by atoms with Gasteiger partial charge in [0.1, 0.15) is 59.4 Å². The Hall–Kier alpha value is -4.46. The first kappa shape index (κ1) is 31.8. The normalized spacial score (nSPS) is 22.1. The minimum Gasteiger partial charge on any atom is -0.488 e. The molecule has 2 saturated heterocycles. The molecule has 254 valence electrons. The van der Waals surface area contributed by atoms with Crippen LogP contribution in [0.3, 0.4) is 0 Å². The zero-order valence-corrected chi connectivity index (χ0v) is 26.9. The van der Waals surface area contributed by atoms with Crippen molar-refractivity contribution in [3.63, 3.8) is 0 Å². The van der Waals surface area contributed by atoms with Crippen molar-refractivity contribution in [1.82, 2.24) is 19.9 Å². The second-order valence-electron chi connectivity index (χ2n) is 12.3. The van der Waals surface area contributed by atoms with Crippen LogP contribution in [0.1, 0.15) is 36.6 Å². The highest BCUT2D eigenvalue weighted by atomic mass is 35.5. The summed E-state index contributed by atoms with van der Waals surface area (Å²) in [6.07, 6.45) is 0.276. The number of aromatic nitrogens is 3. The Bertz CT molecular complexity index is 2160. The Morgan fingerprint density at radius 2 is 2.08 bits per heavy atom. The molecule has 8 rings (SSSR count). The maximum atomic E-state index is 17.1. The molecule has 0 amide bonds. The molecule has 3 aliphatic rings. The van der Waals surface area contributed by atoms with Gasteiger partial charge in [-0.05, 0) is 31.0 Å². The van der Waals surface area contributed by atoms with Crippen molar-refractivity contribution in [2.24, 2.45) is 0 Å². The first-order chi connectivity index (χ1) is 23.6. The molecule has 0 bridgehead atoms. The summed E-state index contributed by atoms with van der Waals surface area (Å²) in [6, 6.07) is 2.96. The SMILES string of the molecule is N#Cc1c(N)sc2c(F)ccc(-c3c(Cl)c4c5c(nc(OC[C@@]67CCCN6C[C@H](F)C7)nc5c3F)N(CC(F)F)C(c3cnco3)CO4)c12. The Kier molecular flexibility index (Phi) is 7.69. The molecule has 10 nitrogen and oxygen atoms in total. The maximum absolute atomic E-state index is 17.1. The van der Waals surface area contributed by atoms with Gasteiger partial charge in [-0.25, -0.2) is 26.9 Å². The predicted molar refractivity (Wildman–Crippen MR) is 171 cm³/mol. The van der Waals surface area contributed by atoms with Crippen LogP contribution >= 0.6 is 22.9 Å². The number of rotatable bonds is 7. The quantitative estimate of drug-likeness (QED) is 0.175. The highest BCUT2D eigenvalue weighted by Gasteiger charge is 2.49. The average Bonchev–Trinajstić information content (AvgIpc) is 3.84. The second kappa shape index (κ2) is 11.9. The van der Waals surface area contributed by atoms with Gasteiger partial charge < -0.3 is 24.5 Å². The number of ether oxygens (including phenoxy) is 2. The van der Waals surface area contributed by atoms with Crippen LogP contribution in [0.4, 0.5) is 32.8 Å². The van der Waals surface area contributed by atoms with Crippen molar-refractivity contribution >= 4 is 54.7 Å². The third kappa shape index (κ3) is 5.00. The van der Waals surface area contributed by atoms with Crippen molar-refractivity contribution in [3.05, 3.63) is 52.7 Å². The van der Waals surface area contributed by atoms with Gasteiger partial charge in [-0.15, -0.1) is 11.3 Å². The van der Waals surface area contributed by atoms with Crippen LogP contribution in [0.5, 0.6) is 11.8 Å². The molecule has 49 heavy (non-hydrogen) atoms. The van der Waals surface area contributed by atoms with E-state index in [1.807, 2.05) is 11.0 Å². The first-order valence-corrected chi connectivity index (χ1v) is 16.5. The third-order valence-electron chi connectivity index (χ3n) is 9.52. The van der Waals surface area contributed by atoms with Crippen molar-refractivity contribution in [2.45, 2.75) is 43.4 Å². The number of fused-ring (bicyclic) bond motifs is 2. The summed E-state index contributed by atoms with van der Waals surface area (Å²) in [7, 11) is 0. The molecule has 2 aromatic carbocycles. The van der Waals surface area contributed by atoms with E-state index in [-0.39, 0.29) is 97.2 Å². The Morgan fingerprint density at radius 3 is 2.84 bits per heavy atom. The molecule has 17 heteroatoms. The largest absolute Gasteiger partial charge is 0.488 e. The second-order valence-corrected chi connectivity index (χ2v) is 13.7. The molecule has 2 N–H and O–H groups in total. The van der Waals surface area contributed by atoms with Gasteiger partial charge in [0.25, 0.3) is 6.43 Å². The standard InChI is InChI=1S/C32H25ClF5N7O3S/c33-24-22(15-2-3-17(35)28-21(15)16(7-39)29(40)49-28)25(38)26-23-27(24)46-11-18(19-8-41-13-48-19)45(10-20(36)37)30(23)43-31(42-26)47-12-32-4-1-5-44(32)9-14(34)6-32/h2-3,8,13-14,18,20H,1,4-6,9-12,40H2/t14-,18?,32+/m1/s1. The van der Waals surface area contributed by atoms with Gasteiger partial charge >= 0.3 is 6.01 Å². The summed E-state index contributed by atoms with van der Waals surface area (Å²) in [5.74, 6) is -1.84. The molecule has 0 spiro atoms. The molecule has 1 unspecified atom stereocenters. The number of hydrogen-bond acceptors (Lipinski definition) is 11. The minimum absolute atomic E-state index is 0.0119. The van der Waals surface area contributed by atoms with Gasteiger partial charge in [-0.2, -0.15) is 15.2 Å². The maximum Gasteiger partial charge on any atom is 0.319 e. The summed E-state index contributed by atoms with van der Waals surface area (Å²) in [6.45, 7) is -0.258. The summed E-state index contributed by atoms with van der Waals surface area (Å²) in [5.41, 5.74) is 4.72. The summed E-state index contributed by atoms with van der Waals surface area (Å²) < 4.78 is 92.9. The van der Waals surface area contributed by atoms with Crippen molar-refractivity contribution in [1.29, 1.82) is 5.26 Å². The van der Waals surface area contributed by atoms with Gasteiger partial charge in [-0.3, -0.25) is 4.90 Å². The Balaban J connectivity index is 1.37. The van der Waals surface area contributed by atoms with Crippen LogP contribution in [-0.4, -0.2) is 70.8 Å². The van der Waals surface area contributed by atoms with E-state index >= 15 is 4.39 Å². The highest BCUT2D eigenvalue weighted by molar-refractivity contribution is 7.23. The molecule has 3 atom stereocenters. The fourth-order valence-corrected chi connectivity index (χ4v) is 8.71. The molecule has 0 saturated carbocycles. The van der Waals surface area contributed by atoms with Crippen LogP contribution in [0.15, 0.2) is 29.1 Å². The molecule has 6 heterocycles. The lowest BCUT2D eigenvalue weighted by molar-refractivity contribution is 0.107. The summed E-state index contributed by atoms with van der Waals surface area (Å²) >= 11 is 7.76.